The summed E-state index contributed by atoms with van der Waals surface area (Å²) in [4.78, 5) is 10.8. The summed E-state index contributed by atoms with van der Waals surface area (Å²) in [5.41, 5.74) is 0. The summed E-state index contributed by atoms with van der Waals surface area (Å²) in [5, 5.41) is 11.0. The molecule has 5 heteroatoms. The van der Waals surface area contributed by atoms with Gasteiger partial charge >= 0.3 is 0 Å². The van der Waals surface area contributed by atoms with Crippen LogP contribution in [0.1, 0.15) is 33.6 Å². The fourth-order valence-electron chi connectivity index (χ4n) is 1.52. The van der Waals surface area contributed by atoms with E-state index in [1.165, 1.54) is 6.92 Å². The van der Waals surface area contributed by atoms with Gasteiger partial charge in [0.05, 0.1) is 0 Å². The number of hydrogen-bond donors (Lipinski definition) is 1. The largest absolute Gasteiger partial charge is 0.402 e. The van der Waals surface area contributed by atoms with Crippen LogP contribution in [0.3, 0.4) is 0 Å². The van der Waals surface area contributed by atoms with Crippen molar-refractivity contribution in [3.05, 3.63) is 0 Å². The predicted octanol–water partition coefficient (Wildman–Crippen LogP) is 1.40. The predicted molar refractivity (Wildman–Crippen MR) is 59.2 cm³/mol. The molecule has 0 aromatic carbocycles. The molecule has 0 radical (unpaired) electrons. The number of rotatable bonds is 3. The van der Waals surface area contributed by atoms with E-state index in [4.69, 9.17) is 14.7 Å². The Hall–Kier alpha value is -1.28. The van der Waals surface area contributed by atoms with Crippen LogP contribution in [0.25, 0.3) is 0 Å². The lowest BCUT2D eigenvalue weighted by molar-refractivity contribution is -0.124. The zero-order valence-electron chi connectivity index (χ0n) is 10.2. The van der Waals surface area contributed by atoms with Gasteiger partial charge in [-0.15, -0.1) is 0 Å². The highest BCUT2D eigenvalue weighted by molar-refractivity contribution is 5.73. The minimum absolute atomic E-state index is 0.173. The van der Waals surface area contributed by atoms with E-state index in [2.05, 4.69) is 5.32 Å². The minimum Gasteiger partial charge on any atom is -0.402 e. The van der Waals surface area contributed by atoms with Crippen LogP contribution in [0.2, 0.25) is 0 Å². The highest BCUT2D eigenvalue weighted by Crippen LogP contribution is 2.19. The van der Waals surface area contributed by atoms with Gasteiger partial charge in [0.15, 0.2) is 6.23 Å². The first kappa shape index (κ1) is 14.7. The first-order chi connectivity index (χ1) is 7.74. The van der Waals surface area contributed by atoms with Gasteiger partial charge in [0.2, 0.25) is 5.91 Å². The SMILES string of the molecule is CC.CC(=O)NC(OC#N)C1CCOCC1. The normalized spacial score (nSPS) is 17.4. The highest BCUT2D eigenvalue weighted by atomic mass is 16.5. The van der Waals surface area contributed by atoms with E-state index in [1.807, 2.05) is 13.8 Å². The molecule has 0 bridgehead atoms. The Balaban J connectivity index is 0.00000106. The summed E-state index contributed by atoms with van der Waals surface area (Å²) < 4.78 is 9.99. The fraction of sp³-hybridized carbons (Fsp3) is 0.818. The molecule has 1 heterocycles. The first-order valence-corrected chi connectivity index (χ1v) is 5.63. The monoisotopic (exact) mass is 228 g/mol. The Morgan fingerprint density at radius 1 is 1.50 bits per heavy atom. The maximum atomic E-state index is 10.8. The molecule has 5 nitrogen and oxygen atoms in total. The Morgan fingerprint density at radius 2 is 2.06 bits per heavy atom. The molecule has 0 saturated carbocycles. The topological polar surface area (TPSA) is 71.3 Å². The third-order valence-corrected chi connectivity index (χ3v) is 2.22. The van der Waals surface area contributed by atoms with E-state index in [1.54, 1.807) is 6.26 Å². The second-order valence-electron chi connectivity index (χ2n) is 3.28. The van der Waals surface area contributed by atoms with Gasteiger partial charge in [-0.25, -0.2) is 0 Å². The smallest absolute Gasteiger partial charge is 0.288 e. The number of nitriles is 1. The summed E-state index contributed by atoms with van der Waals surface area (Å²) >= 11 is 0. The fourth-order valence-corrected chi connectivity index (χ4v) is 1.52. The van der Waals surface area contributed by atoms with Crippen molar-refractivity contribution in [2.24, 2.45) is 5.92 Å². The van der Waals surface area contributed by atoms with Crippen molar-refractivity contribution in [2.45, 2.75) is 39.8 Å². The van der Waals surface area contributed by atoms with E-state index in [0.717, 1.165) is 12.8 Å². The van der Waals surface area contributed by atoms with Crippen molar-refractivity contribution in [1.82, 2.24) is 5.32 Å². The summed E-state index contributed by atoms with van der Waals surface area (Å²) in [7, 11) is 0. The van der Waals surface area contributed by atoms with E-state index in [9.17, 15) is 4.79 Å². The second kappa shape index (κ2) is 8.98. The lowest BCUT2D eigenvalue weighted by Crippen LogP contribution is -2.42. The summed E-state index contributed by atoms with van der Waals surface area (Å²) in [6, 6.07) is 0. The Labute approximate surface area is 96.7 Å². The number of hydrogen-bond acceptors (Lipinski definition) is 4. The zero-order chi connectivity index (χ0) is 12.4. The molecule has 92 valence electrons. The van der Waals surface area contributed by atoms with Crippen molar-refractivity contribution >= 4 is 5.91 Å². The van der Waals surface area contributed by atoms with Crippen LogP contribution < -0.4 is 5.32 Å². The third-order valence-electron chi connectivity index (χ3n) is 2.22. The Bertz CT molecular complexity index is 232. The van der Waals surface area contributed by atoms with Gasteiger partial charge in [-0.2, -0.15) is 5.26 Å². The van der Waals surface area contributed by atoms with Crippen molar-refractivity contribution in [1.29, 1.82) is 5.26 Å². The quantitative estimate of drug-likeness (QED) is 0.585. The molecule has 1 aliphatic rings. The van der Waals surface area contributed by atoms with Crippen LogP contribution in [0.15, 0.2) is 0 Å². The van der Waals surface area contributed by atoms with Crippen LogP contribution in [-0.2, 0) is 14.3 Å². The van der Waals surface area contributed by atoms with E-state index < -0.39 is 6.23 Å². The molecule has 0 aliphatic carbocycles. The van der Waals surface area contributed by atoms with Gasteiger partial charge in [0.25, 0.3) is 6.26 Å². The standard InChI is InChI=1S/C9H14N2O3.C2H6/c1-7(12)11-9(14-6-10)8-2-4-13-5-3-8;1-2/h8-9H,2-5H2,1H3,(H,11,12);1-2H3. The molecule has 1 unspecified atom stereocenters. The van der Waals surface area contributed by atoms with Gasteiger partial charge in [0.1, 0.15) is 0 Å². The Kier molecular flexibility index (Phi) is 8.26. The number of nitrogens with one attached hydrogen (secondary N) is 1. The van der Waals surface area contributed by atoms with Gasteiger partial charge in [-0.05, 0) is 12.8 Å². The maximum absolute atomic E-state index is 10.8. The van der Waals surface area contributed by atoms with Crippen LogP contribution >= 0.6 is 0 Å². The molecule has 1 fully saturated rings. The molecule has 1 aliphatic heterocycles. The average Bonchev–Trinajstić information content (AvgIpc) is 2.32. The number of nitrogens with zero attached hydrogens (tertiary/aromatic N) is 1. The first-order valence-electron chi connectivity index (χ1n) is 5.63. The zero-order valence-corrected chi connectivity index (χ0v) is 10.2. The molecule has 0 aromatic heterocycles. The molecular formula is C11H20N2O3. The van der Waals surface area contributed by atoms with Gasteiger partial charge in [-0.1, -0.05) is 13.8 Å². The van der Waals surface area contributed by atoms with Crippen molar-refractivity contribution in [2.75, 3.05) is 13.2 Å². The molecular weight excluding hydrogens is 208 g/mol. The number of amides is 1. The lowest BCUT2D eigenvalue weighted by atomic mass is 9.98. The van der Waals surface area contributed by atoms with Gasteiger partial charge in [-0.3, -0.25) is 4.79 Å². The summed E-state index contributed by atoms with van der Waals surface area (Å²) in [6.45, 7) is 6.73. The van der Waals surface area contributed by atoms with E-state index in [-0.39, 0.29) is 11.8 Å². The van der Waals surface area contributed by atoms with Gasteiger partial charge < -0.3 is 14.8 Å². The van der Waals surface area contributed by atoms with Crippen LogP contribution in [-0.4, -0.2) is 25.3 Å². The summed E-state index contributed by atoms with van der Waals surface area (Å²) in [6.07, 6.45) is 2.74. The summed E-state index contributed by atoms with van der Waals surface area (Å²) in [5.74, 6) is -0.0101. The highest BCUT2D eigenvalue weighted by Gasteiger charge is 2.26. The maximum Gasteiger partial charge on any atom is 0.288 e. The molecule has 1 saturated heterocycles. The molecule has 0 aromatic rings. The lowest BCUT2D eigenvalue weighted by Gasteiger charge is -2.28. The van der Waals surface area contributed by atoms with E-state index in [0.29, 0.717) is 13.2 Å². The van der Waals surface area contributed by atoms with Crippen LogP contribution in [0.4, 0.5) is 0 Å². The van der Waals surface area contributed by atoms with Crippen molar-refractivity contribution < 1.29 is 14.3 Å². The van der Waals surface area contributed by atoms with Crippen LogP contribution in [0, 0.1) is 17.4 Å². The van der Waals surface area contributed by atoms with Crippen molar-refractivity contribution in [3.63, 3.8) is 0 Å². The Morgan fingerprint density at radius 3 is 2.50 bits per heavy atom. The number of carbonyl (C=O) groups excluding carboxylic acids is 1. The minimum atomic E-state index is -0.499. The molecule has 1 amide bonds. The van der Waals surface area contributed by atoms with Crippen LogP contribution in [0.5, 0.6) is 0 Å². The third kappa shape index (κ3) is 5.56. The molecule has 1 atom stereocenters. The molecule has 0 spiro atoms. The molecule has 1 rings (SSSR count). The number of ether oxygens (including phenoxy) is 2. The second-order valence-corrected chi connectivity index (χ2v) is 3.28. The van der Waals surface area contributed by atoms with Gasteiger partial charge in [0, 0.05) is 26.1 Å². The molecule has 1 N–H and O–H groups in total. The van der Waals surface area contributed by atoms with E-state index >= 15 is 0 Å². The number of carbonyl (C=O) groups is 1. The molecule has 16 heavy (non-hydrogen) atoms. The van der Waals surface area contributed by atoms with Crippen molar-refractivity contribution in [3.8, 4) is 6.26 Å². The average molecular weight is 228 g/mol.